The molecule has 8 aromatic carbocycles. The SMILES string of the molecule is c1ccc(-c2ccnc(-n3c4ccccc4c4ccc(C5(c6cccc(-n7c[n+](-c8ccccc8)c8ccccc87)c6)c6ccccc6-c6ccccc65)cc43)c2)cc1. The lowest BCUT2D eigenvalue weighted by Gasteiger charge is -2.34. The second-order valence-corrected chi connectivity index (χ2v) is 15.4. The average molecular weight is 754 g/mol. The average Bonchev–Trinajstić information content (AvgIpc) is 3.97. The van der Waals surface area contributed by atoms with Gasteiger partial charge in [-0.3, -0.25) is 4.57 Å². The van der Waals surface area contributed by atoms with Gasteiger partial charge in [-0.05, 0) is 105 Å². The van der Waals surface area contributed by atoms with Crippen molar-refractivity contribution in [1.82, 2.24) is 14.1 Å². The van der Waals surface area contributed by atoms with Crippen LogP contribution in [0.1, 0.15) is 22.3 Å². The summed E-state index contributed by atoms with van der Waals surface area (Å²) in [4.78, 5) is 5.03. The summed E-state index contributed by atoms with van der Waals surface area (Å²) in [5, 5.41) is 2.40. The Kier molecular flexibility index (Phi) is 7.41. The van der Waals surface area contributed by atoms with Gasteiger partial charge in [-0.2, -0.15) is 9.13 Å². The molecule has 0 saturated carbocycles. The Morgan fingerprint density at radius 3 is 1.88 bits per heavy atom. The lowest BCUT2D eigenvalue weighted by molar-refractivity contribution is -0.567. The van der Waals surface area contributed by atoms with Gasteiger partial charge in [0.15, 0.2) is 11.0 Å². The van der Waals surface area contributed by atoms with Crippen LogP contribution < -0.4 is 4.57 Å². The van der Waals surface area contributed by atoms with Crippen LogP contribution in [-0.2, 0) is 5.41 Å². The maximum Gasteiger partial charge on any atom is 0.255 e. The largest absolute Gasteiger partial charge is 0.294 e. The molecule has 0 radical (unpaired) electrons. The molecule has 0 amide bonds. The van der Waals surface area contributed by atoms with E-state index in [2.05, 4.69) is 232 Å². The first-order valence-electron chi connectivity index (χ1n) is 20.2. The molecule has 0 aliphatic heterocycles. The van der Waals surface area contributed by atoms with Crippen LogP contribution in [0, 0.1) is 0 Å². The second kappa shape index (κ2) is 13.1. The predicted molar refractivity (Wildman–Crippen MR) is 240 cm³/mol. The van der Waals surface area contributed by atoms with Crippen molar-refractivity contribution < 1.29 is 4.57 Å². The molecule has 1 aliphatic rings. The van der Waals surface area contributed by atoms with Gasteiger partial charge in [-0.1, -0.05) is 152 Å². The van der Waals surface area contributed by atoms with E-state index in [1.807, 2.05) is 6.20 Å². The van der Waals surface area contributed by atoms with Crippen molar-refractivity contribution in [2.45, 2.75) is 5.41 Å². The zero-order chi connectivity index (χ0) is 38.9. The Hall–Kier alpha value is -7.82. The summed E-state index contributed by atoms with van der Waals surface area (Å²) in [6.45, 7) is 0. The first-order chi connectivity index (χ1) is 29.3. The molecule has 0 spiro atoms. The molecule has 4 heteroatoms. The highest BCUT2D eigenvalue weighted by molar-refractivity contribution is 6.09. The van der Waals surface area contributed by atoms with Gasteiger partial charge >= 0.3 is 0 Å². The number of pyridine rings is 1. The predicted octanol–water partition coefficient (Wildman–Crippen LogP) is 12.4. The summed E-state index contributed by atoms with van der Waals surface area (Å²) >= 11 is 0. The zero-order valence-electron chi connectivity index (χ0n) is 32.2. The lowest BCUT2D eigenvalue weighted by atomic mass is 9.67. The minimum atomic E-state index is -0.615. The van der Waals surface area contributed by atoms with E-state index in [9.17, 15) is 0 Å². The van der Waals surface area contributed by atoms with E-state index in [1.165, 1.54) is 49.7 Å². The van der Waals surface area contributed by atoms with Gasteiger partial charge in [-0.25, -0.2) is 4.98 Å². The van der Waals surface area contributed by atoms with Crippen molar-refractivity contribution in [3.8, 4) is 39.4 Å². The van der Waals surface area contributed by atoms with E-state index in [0.29, 0.717) is 0 Å². The van der Waals surface area contributed by atoms with Crippen LogP contribution in [0.3, 0.4) is 0 Å². The number of nitrogens with zero attached hydrogens (tertiary/aromatic N) is 4. The lowest BCUT2D eigenvalue weighted by Crippen LogP contribution is -2.29. The van der Waals surface area contributed by atoms with Gasteiger partial charge in [0.05, 0.1) is 16.4 Å². The number of rotatable bonds is 6. The highest BCUT2D eigenvalue weighted by atomic mass is 15.1. The summed E-state index contributed by atoms with van der Waals surface area (Å²) in [5.74, 6) is 0.893. The third-order valence-electron chi connectivity index (χ3n) is 12.4. The molecule has 3 heterocycles. The minimum absolute atomic E-state index is 0.615. The fourth-order valence-electron chi connectivity index (χ4n) is 9.83. The molecule has 1 aliphatic carbocycles. The van der Waals surface area contributed by atoms with Gasteiger partial charge in [0.2, 0.25) is 0 Å². The van der Waals surface area contributed by atoms with Crippen LogP contribution in [0.4, 0.5) is 0 Å². The summed E-state index contributed by atoms with van der Waals surface area (Å²) in [5.41, 5.74) is 16.0. The Morgan fingerprint density at radius 2 is 1.08 bits per heavy atom. The third-order valence-corrected chi connectivity index (χ3v) is 12.4. The molecular weight excluding hydrogens is 717 g/mol. The Labute approximate surface area is 342 Å². The number of hydrogen-bond acceptors (Lipinski definition) is 1. The minimum Gasteiger partial charge on any atom is -0.294 e. The normalized spacial score (nSPS) is 12.9. The molecule has 59 heavy (non-hydrogen) atoms. The molecule has 11 aromatic rings. The Balaban J connectivity index is 1.13. The molecule has 0 bridgehead atoms. The highest BCUT2D eigenvalue weighted by Gasteiger charge is 2.46. The van der Waals surface area contributed by atoms with Crippen LogP contribution in [0.25, 0.3) is 72.3 Å². The van der Waals surface area contributed by atoms with Crippen molar-refractivity contribution >= 4 is 32.8 Å². The number of aromatic nitrogens is 4. The standard InChI is InChI=1S/C55H37N4/c1-3-16-38(17-4-1)39-32-33-56-54(34-39)59-50-27-12-9-24-46(50)47-31-30-41(36-53(47)59)55(48-25-10-7-22-44(48)45-23-8-11-26-49(45)55)40-18-15-21-43(35-40)58-37-57(42-19-5-2-6-20-42)51-28-13-14-29-52(51)58/h1-37H/q+1. The van der Waals surface area contributed by atoms with Gasteiger partial charge in [0.25, 0.3) is 6.33 Å². The van der Waals surface area contributed by atoms with Crippen LogP contribution in [0.2, 0.25) is 0 Å². The zero-order valence-corrected chi connectivity index (χ0v) is 32.2. The van der Waals surface area contributed by atoms with Crippen LogP contribution >= 0.6 is 0 Å². The van der Waals surface area contributed by atoms with Gasteiger partial charge in [0, 0.05) is 17.0 Å². The van der Waals surface area contributed by atoms with E-state index in [0.717, 1.165) is 44.8 Å². The molecule has 0 atom stereocenters. The first kappa shape index (κ1) is 33.3. The Morgan fingerprint density at radius 1 is 0.441 bits per heavy atom. The highest BCUT2D eigenvalue weighted by Crippen LogP contribution is 2.56. The van der Waals surface area contributed by atoms with Crippen molar-refractivity contribution in [2.24, 2.45) is 0 Å². The molecule has 276 valence electrons. The van der Waals surface area contributed by atoms with Gasteiger partial charge in [-0.15, -0.1) is 0 Å². The molecule has 0 fully saturated rings. The maximum atomic E-state index is 5.03. The molecule has 4 nitrogen and oxygen atoms in total. The number of hydrogen-bond donors (Lipinski definition) is 0. The quantitative estimate of drug-likeness (QED) is 0.155. The van der Waals surface area contributed by atoms with Gasteiger partial charge < -0.3 is 0 Å². The van der Waals surface area contributed by atoms with E-state index < -0.39 is 5.41 Å². The molecular formula is C55H37N4+. The van der Waals surface area contributed by atoms with Crippen LogP contribution in [-0.4, -0.2) is 14.1 Å². The van der Waals surface area contributed by atoms with Crippen molar-refractivity contribution in [2.75, 3.05) is 0 Å². The van der Waals surface area contributed by atoms with E-state index in [-0.39, 0.29) is 0 Å². The second-order valence-electron chi connectivity index (χ2n) is 15.4. The summed E-state index contributed by atoms with van der Waals surface area (Å²) in [6.07, 6.45) is 4.16. The van der Waals surface area contributed by atoms with E-state index >= 15 is 0 Å². The molecule has 0 saturated heterocycles. The summed E-state index contributed by atoms with van der Waals surface area (Å²) in [7, 11) is 0. The van der Waals surface area contributed by atoms with Crippen molar-refractivity contribution in [3.63, 3.8) is 0 Å². The molecule has 12 rings (SSSR count). The number of imidazole rings is 1. The van der Waals surface area contributed by atoms with Gasteiger partial charge in [0.1, 0.15) is 17.2 Å². The number of fused-ring (bicyclic) bond motifs is 7. The summed E-state index contributed by atoms with van der Waals surface area (Å²) < 4.78 is 6.97. The maximum absolute atomic E-state index is 5.03. The number of benzene rings is 8. The fourth-order valence-corrected chi connectivity index (χ4v) is 9.83. The summed E-state index contributed by atoms with van der Waals surface area (Å²) in [6, 6.07) is 77.2. The molecule has 3 aromatic heterocycles. The van der Waals surface area contributed by atoms with E-state index in [1.54, 1.807) is 0 Å². The topological polar surface area (TPSA) is 26.6 Å². The molecule has 0 N–H and O–H groups in total. The Bertz CT molecular complexity index is 3350. The number of para-hydroxylation sites is 4. The third kappa shape index (κ3) is 4.96. The fraction of sp³-hybridized carbons (Fsp3) is 0.0182. The molecule has 0 unspecified atom stereocenters. The monoisotopic (exact) mass is 753 g/mol. The van der Waals surface area contributed by atoms with Crippen molar-refractivity contribution in [3.05, 3.63) is 247 Å². The van der Waals surface area contributed by atoms with E-state index in [4.69, 9.17) is 4.98 Å². The van der Waals surface area contributed by atoms with Crippen molar-refractivity contribution in [1.29, 1.82) is 0 Å². The van der Waals surface area contributed by atoms with Crippen LogP contribution in [0.15, 0.2) is 225 Å². The van der Waals surface area contributed by atoms with Crippen LogP contribution in [0.5, 0.6) is 0 Å². The first-order valence-corrected chi connectivity index (χ1v) is 20.2. The smallest absolute Gasteiger partial charge is 0.255 e.